The Balaban J connectivity index is 1.54. The van der Waals surface area contributed by atoms with Crippen LogP contribution in [0, 0.1) is 11.8 Å². The summed E-state index contributed by atoms with van der Waals surface area (Å²) in [6.45, 7) is 0. The molecule has 0 aromatic heterocycles. The van der Waals surface area contributed by atoms with Gasteiger partial charge in [0.15, 0.2) is 0 Å². The minimum absolute atomic E-state index is 0.126. The SMILES string of the molecule is O=C1[C@H]2CC=CC[C@@H]2C(=O)N1c1ccc(Oc2ccc(Cl)cc2Cl)cc1. The number of hydrogen-bond acceptors (Lipinski definition) is 3. The molecule has 2 atom stereocenters. The van der Waals surface area contributed by atoms with Gasteiger partial charge in [0.1, 0.15) is 11.5 Å². The molecule has 2 amide bonds. The van der Waals surface area contributed by atoms with Crippen molar-refractivity contribution in [3.05, 3.63) is 64.7 Å². The number of carbonyl (C=O) groups excluding carboxylic acids is 2. The van der Waals surface area contributed by atoms with Crippen LogP contribution in [0.5, 0.6) is 11.5 Å². The number of imide groups is 1. The highest BCUT2D eigenvalue weighted by atomic mass is 35.5. The first-order valence-corrected chi connectivity index (χ1v) is 9.06. The molecule has 0 spiro atoms. The summed E-state index contributed by atoms with van der Waals surface area (Å²) in [6, 6.07) is 11.8. The number of anilines is 1. The zero-order valence-corrected chi connectivity index (χ0v) is 15.2. The molecule has 1 saturated heterocycles. The Bertz CT molecular complexity index is 882. The first kappa shape index (κ1) is 17.1. The maximum absolute atomic E-state index is 12.6. The predicted molar refractivity (Wildman–Crippen MR) is 101 cm³/mol. The Morgan fingerprint density at radius 2 is 1.50 bits per heavy atom. The topological polar surface area (TPSA) is 46.6 Å². The lowest BCUT2D eigenvalue weighted by Crippen LogP contribution is -2.30. The third-order valence-corrected chi connectivity index (χ3v) is 5.25. The van der Waals surface area contributed by atoms with Crippen molar-refractivity contribution in [3.8, 4) is 11.5 Å². The number of nitrogens with zero attached hydrogens (tertiary/aromatic N) is 1. The van der Waals surface area contributed by atoms with Crippen molar-refractivity contribution in [2.75, 3.05) is 4.90 Å². The van der Waals surface area contributed by atoms with Crippen LogP contribution in [0.15, 0.2) is 54.6 Å². The van der Waals surface area contributed by atoms with Gasteiger partial charge in [0.05, 0.1) is 22.5 Å². The second-order valence-electron chi connectivity index (χ2n) is 6.34. The van der Waals surface area contributed by atoms with E-state index in [1.807, 2.05) is 12.2 Å². The molecule has 1 heterocycles. The Hall–Kier alpha value is -2.30. The third kappa shape index (κ3) is 3.00. The van der Waals surface area contributed by atoms with Gasteiger partial charge in [0, 0.05) is 5.02 Å². The summed E-state index contributed by atoms with van der Waals surface area (Å²) in [5.41, 5.74) is 0.559. The molecule has 0 N–H and O–H groups in total. The number of halogens is 2. The van der Waals surface area contributed by atoms with Crippen LogP contribution in [0.1, 0.15) is 12.8 Å². The second kappa shape index (κ2) is 6.78. The van der Waals surface area contributed by atoms with Gasteiger partial charge in [0.2, 0.25) is 11.8 Å². The molecule has 2 aromatic rings. The summed E-state index contributed by atoms with van der Waals surface area (Å²) in [4.78, 5) is 26.5. The number of ether oxygens (including phenoxy) is 1. The number of amides is 2. The minimum Gasteiger partial charge on any atom is -0.456 e. The lowest BCUT2D eigenvalue weighted by atomic mass is 9.85. The second-order valence-corrected chi connectivity index (χ2v) is 7.18. The largest absolute Gasteiger partial charge is 0.456 e. The van der Waals surface area contributed by atoms with Gasteiger partial charge in [-0.2, -0.15) is 0 Å². The van der Waals surface area contributed by atoms with Crippen LogP contribution >= 0.6 is 23.2 Å². The molecule has 2 aromatic carbocycles. The van der Waals surface area contributed by atoms with Crippen molar-refractivity contribution in [3.63, 3.8) is 0 Å². The normalized spacial score (nSPS) is 21.8. The van der Waals surface area contributed by atoms with E-state index in [4.69, 9.17) is 27.9 Å². The number of fused-ring (bicyclic) bond motifs is 1. The number of allylic oxidation sites excluding steroid dienone is 2. The molecule has 0 radical (unpaired) electrons. The summed E-state index contributed by atoms with van der Waals surface area (Å²) < 4.78 is 5.74. The third-order valence-electron chi connectivity index (χ3n) is 4.72. The maximum Gasteiger partial charge on any atom is 0.238 e. The van der Waals surface area contributed by atoms with E-state index in [2.05, 4.69) is 0 Å². The van der Waals surface area contributed by atoms with Crippen LogP contribution in [-0.2, 0) is 9.59 Å². The molecule has 4 nitrogen and oxygen atoms in total. The molecular weight excluding hydrogens is 373 g/mol. The van der Waals surface area contributed by atoms with Gasteiger partial charge in [-0.15, -0.1) is 0 Å². The summed E-state index contributed by atoms with van der Waals surface area (Å²) in [5.74, 6) is 0.301. The fourth-order valence-corrected chi connectivity index (χ4v) is 3.85. The fraction of sp³-hybridized carbons (Fsp3) is 0.200. The number of rotatable bonds is 3. The molecule has 6 heteroatoms. The standard InChI is InChI=1S/C20H15Cl2NO3/c21-12-5-10-18(17(22)11-12)26-14-8-6-13(7-9-14)23-19(24)15-3-1-2-4-16(15)20(23)25/h1-2,5-11,15-16H,3-4H2/t15-,16-/m0/s1. The van der Waals surface area contributed by atoms with Crippen molar-refractivity contribution in [1.29, 1.82) is 0 Å². The zero-order valence-electron chi connectivity index (χ0n) is 13.7. The van der Waals surface area contributed by atoms with E-state index in [0.29, 0.717) is 40.1 Å². The Morgan fingerprint density at radius 3 is 2.08 bits per heavy atom. The molecular formula is C20H15Cl2NO3. The molecule has 4 rings (SSSR count). The fourth-order valence-electron chi connectivity index (χ4n) is 3.40. The van der Waals surface area contributed by atoms with Gasteiger partial charge in [-0.05, 0) is 55.3 Å². The highest BCUT2D eigenvalue weighted by Gasteiger charge is 2.47. The van der Waals surface area contributed by atoms with Crippen LogP contribution in [0.25, 0.3) is 0 Å². The van der Waals surface area contributed by atoms with E-state index in [9.17, 15) is 9.59 Å². The predicted octanol–water partition coefficient (Wildman–Crippen LogP) is 5.24. The van der Waals surface area contributed by atoms with E-state index in [0.717, 1.165) is 0 Å². The molecule has 0 saturated carbocycles. The van der Waals surface area contributed by atoms with E-state index in [1.54, 1.807) is 42.5 Å². The molecule has 0 unspecified atom stereocenters. The number of carbonyl (C=O) groups is 2. The van der Waals surface area contributed by atoms with Crippen LogP contribution < -0.4 is 9.64 Å². The highest BCUT2D eigenvalue weighted by Crippen LogP contribution is 2.38. The van der Waals surface area contributed by atoms with Gasteiger partial charge in [0.25, 0.3) is 0 Å². The van der Waals surface area contributed by atoms with Crippen molar-refractivity contribution >= 4 is 40.7 Å². The van der Waals surface area contributed by atoms with Gasteiger partial charge in [-0.1, -0.05) is 35.4 Å². The molecule has 1 aliphatic heterocycles. The quantitative estimate of drug-likeness (QED) is 0.534. The molecule has 132 valence electrons. The Kier molecular flexibility index (Phi) is 4.47. The summed E-state index contributed by atoms with van der Waals surface area (Å²) in [7, 11) is 0. The monoisotopic (exact) mass is 387 g/mol. The maximum atomic E-state index is 12.6. The molecule has 1 fully saturated rings. The van der Waals surface area contributed by atoms with Gasteiger partial charge >= 0.3 is 0 Å². The average Bonchev–Trinajstić information content (AvgIpc) is 2.90. The van der Waals surface area contributed by atoms with E-state index in [-0.39, 0.29) is 23.7 Å². The Morgan fingerprint density at radius 1 is 0.885 bits per heavy atom. The first-order valence-electron chi connectivity index (χ1n) is 8.30. The summed E-state index contributed by atoms with van der Waals surface area (Å²) in [6.07, 6.45) is 5.20. The lowest BCUT2D eigenvalue weighted by Gasteiger charge is -2.15. The van der Waals surface area contributed by atoms with Crippen LogP contribution in [0.4, 0.5) is 5.69 Å². The van der Waals surface area contributed by atoms with Gasteiger partial charge in [-0.3, -0.25) is 14.5 Å². The van der Waals surface area contributed by atoms with Crippen molar-refractivity contribution < 1.29 is 14.3 Å². The molecule has 0 bridgehead atoms. The molecule has 26 heavy (non-hydrogen) atoms. The zero-order chi connectivity index (χ0) is 18.3. The average molecular weight is 388 g/mol. The number of hydrogen-bond donors (Lipinski definition) is 0. The molecule has 1 aliphatic carbocycles. The van der Waals surface area contributed by atoms with Crippen molar-refractivity contribution in [2.45, 2.75) is 12.8 Å². The van der Waals surface area contributed by atoms with E-state index in [1.165, 1.54) is 4.90 Å². The van der Waals surface area contributed by atoms with E-state index >= 15 is 0 Å². The summed E-state index contributed by atoms with van der Waals surface area (Å²) in [5, 5.41) is 0.933. The van der Waals surface area contributed by atoms with Gasteiger partial charge in [-0.25, -0.2) is 0 Å². The van der Waals surface area contributed by atoms with Crippen LogP contribution in [-0.4, -0.2) is 11.8 Å². The Labute approximate surface area is 161 Å². The van der Waals surface area contributed by atoms with Crippen LogP contribution in [0.2, 0.25) is 10.0 Å². The smallest absolute Gasteiger partial charge is 0.238 e. The van der Waals surface area contributed by atoms with E-state index < -0.39 is 0 Å². The van der Waals surface area contributed by atoms with Crippen molar-refractivity contribution in [2.24, 2.45) is 11.8 Å². The first-order chi connectivity index (χ1) is 12.5. The lowest BCUT2D eigenvalue weighted by molar-refractivity contribution is -0.122. The van der Waals surface area contributed by atoms with Crippen molar-refractivity contribution in [1.82, 2.24) is 0 Å². The van der Waals surface area contributed by atoms with Crippen LogP contribution in [0.3, 0.4) is 0 Å². The minimum atomic E-state index is -0.240. The highest BCUT2D eigenvalue weighted by molar-refractivity contribution is 6.35. The van der Waals surface area contributed by atoms with Gasteiger partial charge < -0.3 is 4.74 Å². The molecule has 2 aliphatic rings. The summed E-state index contributed by atoms with van der Waals surface area (Å²) >= 11 is 12.0. The number of benzene rings is 2.